The number of benzene rings is 1. The fourth-order valence-electron chi connectivity index (χ4n) is 2.92. The molecule has 5 heteroatoms. The van der Waals surface area contributed by atoms with Gasteiger partial charge in [-0.25, -0.2) is 4.79 Å². The van der Waals surface area contributed by atoms with Crippen LogP contribution in [-0.4, -0.2) is 18.5 Å². The van der Waals surface area contributed by atoms with Gasteiger partial charge in [-0.15, -0.1) is 0 Å². The summed E-state index contributed by atoms with van der Waals surface area (Å²) in [7, 11) is 0. The zero-order chi connectivity index (χ0) is 15.8. The Morgan fingerprint density at radius 2 is 1.77 bits per heavy atom. The van der Waals surface area contributed by atoms with Gasteiger partial charge in [0.15, 0.2) is 0 Å². The Balaban J connectivity index is 1.73. The fraction of sp³-hybridized carbons (Fsp3) is 0.529. The van der Waals surface area contributed by atoms with Crippen molar-refractivity contribution < 1.29 is 9.59 Å². The fourth-order valence-corrected chi connectivity index (χ4v) is 2.92. The number of hydrogen-bond donors (Lipinski definition) is 3. The van der Waals surface area contributed by atoms with Crippen molar-refractivity contribution in [1.82, 2.24) is 5.32 Å². The SMILES string of the molecule is CC(=O)Nc1cccc(NC(=O)NCCC2CCCCC2)c1. The molecule has 0 unspecified atom stereocenters. The molecular formula is C17H25N3O2. The third kappa shape index (κ3) is 5.76. The number of anilines is 2. The number of rotatable bonds is 5. The molecule has 120 valence electrons. The van der Waals surface area contributed by atoms with Gasteiger partial charge in [0.05, 0.1) is 0 Å². The molecule has 0 bridgehead atoms. The number of carbonyl (C=O) groups is 2. The largest absolute Gasteiger partial charge is 0.338 e. The van der Waals surface area contributed by atoms with Gasteiger partial charge in [-0.2, -0.15) is 0 Å². The summed E-state index contributed by atoms with van der Waals surface area (Å²) in [6.07, 6.45) is 7.65. The van der Waals surface area contributed by atoms with Crippen molar-refractivity contribution in [2.75, 3.05) is 17.2 Å². The van der Waals surface area contributed by atoms with E-state index >= 15 is 0 Å². The van der Waals surface area contributed by atoms with E-state index < -0.39 is 0 Å². The van der Waals surface area contributed by atoms with Crippen LogP contribution in [-0.2, 0) is 4.79 Å². The van der Waals surface area contributed by atoms with Gasteiger partial charge in [0.25, 0.3) is 0 Å². The Hall–Kier alpha value is -2.04. The minimum absolute atomic E-state index is 0.130. The molecule has 0 radical (unpaired) electrons. The highest BCUT2D eigenvalue weighted by atomic mass is 16.2. The molecule has 0 aromatic heterocycles. The van der Waals surface area contributed by atoms with Crippen LogP contribution in [0.3, 0.4) is 0 Å². The molecule has 1 aromatic rings. The lowest BCUT2D eigenvalue weighted by Gasteiger charge is -2.21. The number of carbonyl (C=O) groups excluding carboxylic acids is 2. The maximum absolute atomic E-state index is 11.9. The summed E-state index contributed by atoms with van der Waals surface area (Å²) in [5, 5.41) is 8.39. The average Bonchev–Trinajstić information content (AvgIpc) is 2.48. The van der Waals surface area contributed by atoms with Crippen LogP contribution in [0.25, 0.3) is 0 Å². The van der Waals surface area contributed by atoms with Crippen LogP contribution in [0.5, 0.6) is 0 Å². The highest BCUT2D eigenvalue weighted by Gasteiger charge is 2.13. The summed E-state index contributed by atoms with van der Waals surface area (Å²) in [6.45, 7) is 2.17. The molecule has 1 fully saturated rings. The minimum Gasteiger partial charge on any atom is -0.338 e. The molecule has 3 amide bonds. The van der Waals surface area contributed by atoms with E-state index in [1.807, 2.05) is 0 Å². The molecule has 0 heterocycles. The van der Waals surface area contributed by atoms with Crippen LogP contribution in [0.4, 0.5) is 16.2 Å². The second-order valence-electron chi connectivity index (χ2n) is 5.94. The molecule has 22 heavy (non-hydrogen) atoms. The molecule has 0 saturated heterocycles. The highest BCUT2D eigenvalue weighted by molar-refractivity contribution is 5.92. The van der Waals surface area contributed by atoms with Gasteiger partial charge < -0.3 is 16.0 Å². The zero-order valence-corrected chi connectivity index (χ0v) is 13.2. The van der Waals surface area contributed by atoms with Gasteiger partial charge in [-0.3, -0.25) is 4.79 Å². The van der Waals surface area contributed by atoms with Crippen LogP contribution in [0.2, 0.25) is 0 Å². The van der Waals surface area contributed by atoms with Crippen LogP contribution in [0.1, 0.15) is 45.4 Å². The van der Waals surface area contributed by atoms with E-state index in [-0.39, 0.29) is 11.9 Å². The average molecular weight is 303 g/mol. The lowest BCUT2D eigenvalue weighted by Crippen LogP contribution is -2.30. The first-order chi connectivity index (χ1) is 10.6. The van der Waals surface area contributed by atoms with E-state index in [2.05, 4.69) is 16.0 Å². The number of nitrogens with one attached hydrogen (secondary N) is 3. The van der Waals surface area contributed by atoms with Gasteiger partial charge in [-0.05, 0) is 30.5 Å². The van der Waals surface area contributed by atoms with Crippen LogP contribution < -0.4 is 16.0 Å². The summed E-state index contributed by atoms with van der Waals surface area (Å²) < 4.78 is 0. The molecular weight excluding hydrogens is 278 g/mol. The molecule has 5 nitrogen and oxygen atoms in total. The van der Waals surface area contributed by atoms with E-state index in [1.165, 1.54) is 39.0 Å². The van der Waals surface area contributed by atoms with Gasteiger partial charge >= 0.3 is 6.03 Å². The van der Waals surface area contributed by atoms with Crippen LogP contribution in [0.15, 0.2) is 24.3 Å². The third-order valence-corrected chi connectivity index (χ3v) is 4.00. The normalized spacial score (nSPS) is 15.1. The van der Waals surface area contributed by atoms with E-state index in [1.54, 1.807) is 24.3 Å². The van der Waals surface area contributed by atoms with Gasteiger partial charge in [-0.1, -0.05) is 38.2 Å². The van der Waals surface area contributed by atoms with Crippen LogP contribution >= 0.6 is 0 Å². The summed E-state index contributed by atoms with van der Waals surface area (Å²) in [5.41, 5.74) is 1.34. The van der Waals surface area contributed by atoms with Gasteiger partial charge in [0.1, 0.15) is 0 Å². The Morgan fingerprint density at radius 1 is 1.09 bits per heavy atom. The molecule has 1 aromatic carbocycles. The summed E-state index contributed by atoms with van der Waals surface area (Å²) >= 11 is 0. The van der Waals surface area contributed by atoms with Crippen LogP contribution in [0, 0.1) is 5.92 Å². The molecule has 0 aliphatic heterocycles. The summed E-state index contributed by atoms with van der Waals surface area (Å²) in [5.74, 6) is 0.631. The number of hydrogen-bond acceptors (Lipinski definition) is 2. The molecule has 2 rings (SSSR count). The number of amides is 3. The van der Waals surface area contributed by atoms with Crippen molar-refractivity contribution in [3.63, 3.8) is 0 Å². The second kappa shape index (κ2) is 8.41. The van der Waals surface area contributed by atoms with Crippen molar-refractivity contribution >= 4 is 23.3 Å². The third-order valence-electron chi connectivity index (χ3n) is 4.00. The summed E-state index contributed by atoms with van der Waals surface area (Å²) in [4.78, 5) is 22.9. The monoisotopic (exact) mass is 303 g/mol. The van der Waals surface area contributed by atoms with Crippen molar-refractivity contribution in [1.29, 1.82) is 0 Å². The van der Waals surface area contributed by atoms with Crippen molar-refractivity contribution in [3.8, 4) is 0 Å². The van der Waals surface area contributed by atoms with E-state index in [0.29, 0.717) is 17.9 Å². The molecule has 1 aliphatic carbocycles. The number of urea groups is 1. The predicted molar refractivity (Wildman–Crippen MR) is 89.0 cm³/mol. The van der Waals surface area contributed by atoms with E-state index in [9.17, 15) is 9.59 Å². The Bertz CT molecular complexity index is 510. The molecule has 1 saturated carbocycles. The molecule has 3 N–H and O–H groups in total. The Kier molecular flexibility index (Phi) is 6.25. The smallest absolute Gasteiger partial charge is 0.319 e. The first-order valence-electron chi connectivity index (χ1n) is 8.06. The Labute approximate surface area is 131 Å². The predicted octanol–water partition coefficient (Wildman–Crippen LogP) is 3.74. The Morgan fingerprint density at radius 3 is 2.45 bits per heavy atom. The molecule has 0 atom stereocenters. The lowest BCUT2D eigenvalue weighted by molar-refractivity contribution is -0.114. The summed E-state index contributed by atoms with van der Waals surface area (Å²) in [6, 6.07) is 6.92. The van der Waals surface area contributed by atoms with Crippen molar-refractivity contribution in [3.05, 3.63) is 24.3 Å². The van der Waals surface area contributed by atoms with Gasteiger partial charge in [0, 0.05) is 24.8 Å². The molecule has 1 aliphatic rings. The van der Waals surface area contributed by atoms with Crippen molar-refractivity contribution in [2.24, 2.45) is 5.92 Å². The van der Waals surface area contributed by atoms with Gasteiger partial charge in [0.2, 0.25) is 5.91 Å². The van der Waals surface area contributed by atoms with Crippen molar-refractivity contribution in [2.45, 2.75) is 45.4 Å². The highest BCUT2D eigenvalue weighted by Crippen LogP contribution is 2.25. The first-order valence-corrected chi connectivity index (χ1v) is 8.06. The second-order valence-corrected chi connectivity index (χ2v) is 5.94. The lowest BCUT2D eigenvalue weighted by atomic mass is 9.87. The maximum Gasteiger partial charge on any atom is 0.319 e. The maximum atomic E-state index is 11.9. The zero-order valence-electron chi connectivity index (χ0n) is 13.2. The van der Waals surface area contributed by atoms with E-state index in [4.69, 9.17) is 0 Å². The topological polar surface area (TPSA) is 70.2 Å². The first kappa shape index (κ1) is 16.3. The minimum atomic E-state index is -0.198. The van der Waals surface area contributed by atoms with E-state index in [0.717, 1.165) is 12.3 Å². The standard InChI is InChI=1S/C17H25N3O2/c1-13(21)19-15-8-5-9-16(12-15)20-17(22)18-11-10-14-6-3-2-4-7-14/h5,8-9,12,14H,2-4,6-7,10-11H2,1H3,(H,19,21)(H2,18,20,22). The molecule has 0 spiro atoms. The quantitative estimate of drug-likeness (QED) is 0.775.